The van der Waals surface area contributed by atoms with Crippen molar-refractivity contribution in [2.24, 2.45) is 0 Å². The van der Waals surface area contributed by atoms with E-state index in [9.17, 15) is 4.79 Å². The van der Waals surface area contributed by atoms with Gasteiger partial charge in [0.15, 0.2) is 0 Å². The quantitative estimate of drug-likeness (QED) is 0.676. The Morgan fingerprint density at radius 3 is 3.15 bits per heavy atom. The van der Waals surface area contributed by atoms with Crippen LogP contribution in [0.25, 0.3) is 0 Å². The lowest BCUT2D eigenvalue weighted by molar-refractivity contribution is -0.116. The zero-order chi connectivity index (χ0) is 9.26. The minimum absolute atomic E-state index is 0.00625. The highest BCUT2D eigenvalue weighted by atomic mass is 16.5. The van der Waals surface area contributed by atoms with Gasteiger partial charge in [-0.15, -0.1) is 0 Å². The van der Waals surface area contributed by atoms with E-state index in [1.165, 1.54) is 7.11 Å². The molecule has 2 rings (SSSR count). The van der Waals surface area contributed by atoms with E-state index in [0.717, 1.165) is 5.56 Å². The molecule has 1 N–H and O–H groups in total. The Kier molecular flexibility index (Phi) is 1.84. The third-order valence-electron chi connectivity index (χ3n) is 1.90. The third kappa shape index (κ3) is 1.44. The monoisotopic (exact) mass is 179 g/mol. The first-order chi connectivity index (χ1) is 6.29. The lowest BCUT2D eigenvalue weighted by Gasteiger charge is -2.14. The van der Waals surface area contributed by atoms with E-state index in [0.29, 0.717) is 18.7 Å². The van der Waals surface area contributed by atoms with E-state index in [1.54, 1.807) is 6.20 Å². The van der Waals surface area contributed by atoms with Gasteiger partial charge in [0, 0.05) is 18.2 Å². The molecule has 0 aliphatic carbocycles. The van der Waals surface area contributed by atoms with Crippen LogP contribution in [0.2, 0.25) is 0 Å². The molecule has 2 heterocycles. The molecule has 0 bridgehead atoms. The number of rotatable bonds is 1. The van der Waals surface area contributed by atoms with Crippen LogP contribution in [0.3, 0.4) is 0 Å². The number of carbonyl (C=O) groups is 1. The van der Waals surface area contributed by atoms with E-state index in [1.807, 2.05) is 0 Å². The molecule has 5 heteroatoms. The van der Waals surface area contributed by atoms with Crippen LogP contribution in [0.1, 0.15) is 12.0 Å². The van der Waals surface area contributed by atoms with Crippen molar-refractivity contribution in [2.45, 2.75) is 12.8 Å². The Hall–Kier alpha value is -1.65. The van der Waals surface area contributed by atoms with Crippen molar-refractivity contribution in [1.82, 2.24) is 9.97 Å². The van der Waals surface area contributed by atoms with E-state index in [4.69, 9.17) is 4.74 Å². The maximum atomic E-state index is 11.0. The molecule has 68 valence electrons. The van der Waals surface area contributed by atoms with Gasteiger partial charge in [0.1, 0.15) is 5.82 Å². The molecular formula is C8H9N3O2. The molecule has 1 aliphatic heterocycles. The summed E-state index contributed by atoms with van der Waals surface area (Å²) in [4.78, 5) is 19.0. The van der Waals surface area contributed by atoms with Gasteiger partial charge in [0.25, 0.3) is 0 Å². The van der Waals surface area contributed by atoms with Gasteiger partial charge < -0.3 is 10.1 Å². The number of anilines is 1. The van der Waals surface area contributed by atoms with Crippen LogP contribution in [-0.2, 0) is 11.2 Å². The molecule has 5 nitrogen and oxygen atoms in total. The number of hydrogen-bond donors (Lipinski definition) is 1. The molecule has 0 fully saturated rings. The largest absolute Gasteiger partial charge is 0.467 e. The number of aryl methyl sites for hydroxylation is 1. The van der Waals surface area contributed by atoms with Gasteiger partial charge in [-0.05, 0) is 6.42 Å². The number of ether oxygens (including phenoxy) is 1. The Balaban J connectivity index is 2.38. The van der Waals surface area contributed by atoms with Crippen molar-refractivity contribution in [3.8, 4) is 6.01 Å². The SMILES string of the molecule is COc1ncc2c(n1)NC(=O)CC2. The minimum Gasteiger partial charge on any atom is -0.467 e. The molecule has 0 aromatic carbocycles. The normalized spacial score (nSPS) is 14.7. The molecule has 1 aromatic heterocycles. The van der Waals surface area contributed by atoms with Crippen molar-refractivity contribution < 1.29 is 9.53 Å². The summed E-state index contributed by atoms with van der Waals surface area (Å²) in [6, 6.07) is 0.279. The molecule has 0 atom stereocenters. The maximum absolute atomic E-state index is 11.0. The van der Waals surface area contributed by atoms with Crippen LogP contribution in [0.5, 0.6) is 6.01 Å². The molecule has 13 heavy (non-hydrogen) atoms. The Morgan fingerprint density at radius 1 is 1.54 bits per heavy atom. The van der Waals surface area contributed by atoms with Gasteiger partial charge >= 0.3 is 6.01 Å². The summed E-state index contributed by atoms with van der Waals surface area (Å²) in [6.07, 6.45) is 2.88. The van der Waals surface area contributed by atoms with Crippen LogP contribution in [0.15, 0.2) is 6.20 Å². The zero-order valence-electron chi connectivity index (χ0n) is 7.20. The van der Waals surface area contributed by atoms with Crippen LogP contribution in [0, 0.1) is 0 Å². The molecule has 0 spiro atoms. The summed E-state index contributed by atoms with van der Waals surface area (Å²) in [5.41, 5.74) is 0.959. The maximum Gasteiger partial charge on any atom is 0.318 e. The fourth-order valence-corrected chi connectivity index (χ4v) is 1.22. The number of carbonyl (C=O) groups excluding carboxylic acids is 1. The predicted molar refractivity (Wildman–Crippen MR) is 45.5 cm³/mol. The van der Waals surface area contributed by atoms with Crippen LogP contribution >= 0.6 is 0 Å². The van der Waals surface area contributed by atoms with Gasteiger partial charge in [-0.3, -0.25) is 4.79 Å². The number of fused-ring (bicyclic) bond motifs is 1. The molecular weight excluding hydrogens is 170 g/mol. The van der Waals surface area contributed by atoms with Crippen LogP contribution < -0.4 is 10.1 Å². The fraction of sp³-hybridized carbons (Fsp3) is 0.375. The Labute approximate surface area is 75.1 Å². The summed E-state index contributed by atoms with van der Waals surface area (Å²) in [6.45, 7) is 0. The first-order valence-corrected chi connectivity index (χ1v) is 3.99. The lowest BCUT2D eigenvalue weighted by atomic mass is 10.1. The van der Waals surface area contributed by atoms with Gasteiger partial charge in [-0.2, -0.15) is 4.98 Å². The molecule has 1 aromatic rings. The second-order valence-corrected chi connectivity index (χ2v) is 2.78. The number of amides is 1. The summed E-state index contributed by atoms with van der Waals surface area (Å²) >= 11 is 0. The number of aromatic nitrogens is 2. The standard InChI is InChI=1S/C8H9N3O2/c1-13-8-9-4-5-2-3-6(12)10-7(5)11-8/h4H,2-3H2,1H3,(H,9,10,11,12). The third-order valence-corrected chi connectivity index (χ3v) is 1.90. The van der Waals surface area contributed by atoms with Crippen molar-refractivity contribution in [3.05, 3.63) is 11.8 Å². The number of nitrogens with one attached hydrogen (secondary N) is 1. The molecule has 0 radical (unpaired) electrons. The van der Waals surface area contributed by atoms with E-state index < -0.39 is 0 Å². The topological polar surface area (TPSA) is 64.1 Å². The summed E-state index contributed by atoms with van der Waals surface area (Å²) in [5.74, 6) is 0.566. The van der Waals surface area contributed by atoms with Gasteiger partial charge in [-0.25, -0.2) is 4.98 Å². The van der Waals surface area contributed by atoms with Crippen molar-refractivity contribution >= 4 is 11.7 Å². The minimum atomic E-state index is -0.00625. The Bertz CT molecular complexity index is 351. The van der Waals surface area contributed by atoms with Gasteiger partial charge in [-0.1, -0.05) is 0 Å². The molecule has 1 amide bonds. The molecule has 0 saturated heterocycles. The highest BCUT2D eigenvalue weighted by molar-refractivity contribution is 5.92. The molecule has 0 saturated carbocycles. The van der Waals surface area contributed by atoms with Crippen molar-refractivity contribution in [3.63, 3.8) is 0 Å². The zero-order valence-corrected chi connectivity index (χ0v) is 7.20. The summed E-state index contributed by atoms with van der Waals surface area (Å²) in [5, 5.41) is 2.66. The highest BCUT2D eigenvalue weighted by Gasteiger charge is 2.16. The number of nitrogens with zero attached hydrogens (tertiary/aromatic N) is 2. The number of hydrogen-bond acceptors (Lipinski definition) is 4. The fourth-order valence-electron chi connectivity index (χ4n) is 1.22. The van der Waals surface area contributed by atoms with E-state index >= 15 is 0 Å². The van der Waals surface area contributed by atoms with Gasteiger partial charge in [0.05, 0.1) is 7.11 Å². The smallest absolute Gasteiger partial charge is 0.318 e. The second kappa shape index (κ2) is 3.01. The highest BCUT2D eigenvalue weighted by Crippen LogP contribution is 2.20. The lowest BCUT2D eigenvalue weighted by Crippen LogP contribution is -2.20. The first kappa shape index (κ1) is 7.97. The van der Waals surface area contributed by atoms with Crippen molar-refractivity contribution in [2.75, 3.05) is 12.4 Å². The van der Waals surface area contributed by atoms with Gasteiger partial charge in [0.2, 0.25) is 5.91 Å². The molecule has 0 unspecified atom stereocenters. The van der Waals surface area contributed by atoms with E-state index in [2.05, 4.69) is 15.3 Å². The second-order valence-electron chi connectivity index (χ2n) is 2.78. The first-order valence-electron chi connectivity index (χ1n) is 3.99. The van der Waals surface area contributed by atoms with Crippen LogP contribution in [0.4, 0.5) is 5.82 Å². The number of methoxy groups -OCH3 is 1. The summed E-state index contributed by atoms with van der Waals surface area (Å²) < 4.78 is 4.84. The average Bonchev–Trinajstić information content (AvgIpc) is 2.16. The average molecular weight is 179 g/mol. The molecule has 1 aliphatic rings. The predicted octanol–water partition coefficient (Wildman–Crippen LogP) is 0.370. The van der Waals surface area contributed by atoms with Crippen LogP contribution in [-0.4, -0.2) is 23.0 Å². The van der Waals surface area contributed by atoms with E-state index in [-0.39, 0.29) is 11.9 Å². The Morgan fingerprint density at radius 2 is 2.38 bits per heavy atom. The summed E-state index contributed by atoms with van der Waals surface area (Å²) in [7, 11) is 1.49. The van der Waals surface area contributed by atoms with Crippen molar-refractivity contribution in [1.29, 1.82) is 0 Å².